The molecular weight excluding hydrogens is 452 g/mol. The molecule has 0 aromatic heterocycles. The Kier molecular flexibility index (Phi) is 7.39. The number of allylic oxidation sites excluding steroid dienone is 1. The van der Waals surface area contributed by atoms with Crippen LogP contribution in [-0.2, 0) is 11.2 Å². The average molecular weight is 497 g/mol. The van der Waals surface area contributed by atoms with Gasteiger partial charge in [-0.25, -0.2) is 0 Å². The van der Waals surface area contributed by atoms with E-state index in [0.717, 1.165) is 59.1 Å². The van der Waals surface area contributed by atoms with Crippen LogP contribution in [0.5, 0.6) is 0 Å². The predicted molar refractivity (Wildman–Crippen MR) is 145 cm³/mol. The Morgan fingerprint density at radius 3 is 2.49 bits per heavy atom. The van der Waals surface area contributed by atoms with Crippen molar-refractivity contribution < 1.29 is 4.79 Å². The van der Waals surface area contributed by atoms with E-state index < -0.39 is 0 Å². The zero-order chi connectivity index (χ0) is 24.7. The van der Waals surface area contributed by atoms with Crippen LogP contribution in [0.1, 0.15) is 70.8 Å². The van der Waals surface area contributed by atoms with Gasteiger partial charge in [0.1, 0.15) is 0 Å². The number of hydrogen-bond donors (Lipinski definition) is 0. The fraction of sp³-hybridized carbons (Fsp3) is 0.710. The second kappa shape index (κ2) is 10.2. The lowest BCUT2D eigenvalue weighted by Crippen LogP contribution is -2.46. The lowest BCUT2D eigenvalue weighted by molar-refractivity contribution is -0.131. The van der Waals surface area contributed by atoms with E-state index in [1.54, 1.807) is 0 Å². The number of hydrogen-bond acceptors (Lipinski definition) is 2. The molecule has 3 aliphatic carbocycles. The van der Waals surface area contributed by atoms with Crippen LogP contribution in [0.15, 0.2) is 36.4 Å². The third-order valence-corrected chi connectivity index (χ3v) is 11.2. The monoisotopic (exact) mass is 496 g/mol. The Morgan fingerprint density at radius 2 is 1.71 bits per heavy atom. The van der Waals surface area contributed by atoms with Crippen LogP contribution in [0.25, 0.3) is 0 Å². The summed E-state index contributed by atoms with van der Waals surface area (Å²) in [6.07, 6.45) is 15.6. The summed E-state index contributed by atoms with van der Waals surface area (Å²) >= 11 is 6.02. The third kappa shape index (κ3) is 4.73. The Bertz CT molecular complexity index is 928. The zero-order valence-electron chi connectivity index (χ0n) is 22.3. The van der Waals surface area contributed by atoms with Gasteiger partial charge in [0.15, 0.2) is 0 Å². The van der Waals surface area contributed by atoms with E-state index in [9.17, 15) is 4.79 Å². The summed E-state index contributed by atoms with van der Waals surface area (Å²) in [5, 5.41) is 0.718. The maximum absolute atomic E-state index is 13.1. The van der Waals surface area contributed by atoms with Crippen LogP contribution in [0.3, 0.4) is 0 Å². The molecule has 1 amide bonds. The van der Waals surface area contributed by atoms with Crippen LogP contribution in [0.2, 0.25) is 5.02 Å². The Hall–Kier alpha value is -1.32. The van der Waals surface area contributed by atoms with Gasteiger partial charge in [0, 0.05) is 30.7 Å². The van der Waals surface area contributed by atoms with Gasteiger partial charge in [-0.3, -0.25) is 4.79 Å². The van der Waals surface area contributed by atoms with Crippen LogP contribution < -0.4 is 0 Å². The van der Waals surface area contributed by atoms with Crippen molar-refractivity contribution in [2.75, 3.05) is 20.6 Å². The summed E-state index contributed by atoms with van der Waals surface area (Å²) in [4.78, 5) is 17.8. The number of carbonyl (C=O) groups excluding carboxylic acids is 1. The molecule has 0 N–H and O–H groups in total. The van der Waals surface area contributed by atoms with Crippen molar-refractivity contribution in [3.05, 3.63) is 47.0 Å². The molecule has 3 fully saturated rings. The second-order valence-corrected chi connectivity index (χ2v) is 12.9. The molecule has 1 aromatic rings. The van der Waals surface area contributed by atoms with E-state index in [2.05, 4.69) is 37.9 Å². The highest BCUT2D eigenvalue weighted by molar-refractivity contribution is 6.30. The molecule has 3 nitrogen and oxygen atoms in total. The van der Waals surface area contributed by atoms with Crippen molar-refractivity contribution in [1.29, 1.82) is 0 Å². The maximum atomic E-state index is 13.1. The number of carbonyl (C=O) groups is 1. The minimum Gasteiger partial charge on any atom is -0.342 e. The van der Waals surface area contributed by atoms with E-state index in [-0.39, 0.29) is 5.91 Å². The average Bonchev–Trinajstić information content (AvgIpc) is 3.33. The number of fused-ring (bicyclic) bond motifs is 2. The van der Waals surface area contributed by atoms with Crippen molar-refractivity contribution >= 4 is 17.5 Å². The highest BCUT2D eigenvalue weighted by atomic mass is 35.5. The van der Waals surface area contributed by atoms with E-state index >= 15 is 0 Å². The SMILES string of the molecule is C[C@H]1CC[C@H](N(C)C(=O)Cc2ccc(Cl)cc2)C/C=C/C[C@@H]2C1CC[C@]13CN(C)[C@@H](C)[C@H]1CC[C@@H]23. The molecule has 1 saturated heterocycles. The van der Waals surface area contributed by atoms with E-state index in [0.29, 0.717) is 17.9 Å². The first-order valence-corrected chi connectivity index (χ1v) is 14.5. The summed E-state index contributed by atoms with van der Waals surface area (Å²) in [5.74, 6) is 4.46. The van der Waals surface area contributed by atoms with Gasteiger partial charge in [-0.15, -0.1) is 0 Å². The van der Waals surface area contributed by atoms with E-state index in [4.69, 9.17) is 11.6 Å². The van der Waals surface area contributed by atoms with Crippen LogP contribution in [-0.4, -0.2) is 48.4 Å². The Morgan fingerprint density at radius 1 is 1.00 bits per heavy atom. The molecule has 1 aromatic carbocycles. The van der Waals surface area contributed by atoms with Crippen molar-refractivity contribution in [3.63, 3.8) is 0 Å². The molecule has 1 heterocycles. The van der Waals surface area contributed by atoms with Gasteiger partial charge in [0.25, 0.3) is 0 Å². The first kappa shape index (κ1) is 25.3. The van der Waals surface area contributed by atoms with Crippen LogP contribution in [0.4, 0.5) is 0 Å². The van der Waals surface area contributed by atoms with Crippen molar-refractivity contribution in [2.45, 2.75) is 83.7 Å². The fourth-order valence-electron chi connectivity index (χ4n) is 8.92. The number of likely N-dealkylation sites (tertiary alicyclic amines) is 1. The van der Waals surface area contributed by atoms with E-state index in [1.807, 2.05) is 36.2 Å². The molecule has 4 heteroatoms. The summed E-state index contributed by atoms with van der Waals surface area (Å²) in [5.41, 5.74) is 1.62. The Labute approximate surface area is 218 Å². The van der Waals surface area contributed by atoms with Gasteiger partial charge in [-0.05, 0) is 118 Å². The molecular formula is C31H45ClN2O. The lowest BCUT2D eigenvalue weighted by Gasteiger charge is -2.50. The molecule has 0 bridgehead atoms. The summed E-state index contributed by atoms with van der Waals surface area (Å²) < 4.78 is 0. The van der Waals surface area contributed by atoms with Crippen molar-refractivity contribution in [1.82, 2.24) is 9.80 Å². The highest BCUT2D eigenvalue weighted by Gasteiger charge is 2.61. The molecule has 5 rings (SSSR count). The number of halogens is 1. The zero-order valence-corrected chi connectivity index (χ0v) is 23.0. The quantitative estimate of drug-likeness (QED) is 0.427. The van der Waals surface area contributed by atoms with Crippen LogP contribution in [0, 0.1) is 35.0 Å². The minimum absolute atomic E-state index is 0.212. The molecule has 1 aliphatic heterocycles. The molecule has 1 spiro atoms. The van der Waals surface area contributed by atoms with Gasteiger partial charge in [-0.2, -0.15) is 0 Å². The first-order chi connectivity index (χ1) is 16.8. The first-order valence-electron chi connectivity index (χ1n) is 14.2. The number of likely N-dealkylation sites (N-methyl/N-ethyl adjacent to an activating group) is 1. The number of nitrogens with zero attached hydrogens (tertiary/aromatic N) is 2. The van der Waals surface area contributed by atoms with Gasteiger partial charge < -0.3 is 9.80 Å². The molecule has 4 aliphatic rings. The van der Waals surface area contributed by atoms with Crippen LogP contribution >= 0.6 is 11.6 Å². The van der Waals surface area contributed by atoms with Gasteiger partial charge in [-0.1, -0.05) is 42.8 Å². The summed E-state index contributed by atoms with van der Waals surface area (Å²) in [7, 11) is 4.37. The van der Waals surface area contributed by atoms with Crippen molar-refractivity contribution in [3.8, 4) is 0 Å². The third-order valence-electron chi connectivity index (χ3n) is 11.0. The highest BCUT2D eigenvalue weighted by Crippen LogP contribution is 2.65. The standard InChI is InChI=1S/C31H45ClN2O/c1-21-9-14-25(34(4)30(35)19-23-10-12-24(32)13-11-23)7-5-6-8-27-26(21)17-18-31-20-33(3)22(2)28(31)15-16-29(27)31/h5-6,10-13,21-22,25-29H,7-9,14-20H2,1-4H3/b6-5+/t21-,22-,25+,26?,27+,28+,29-,31-/m0/s1. The molecule has 35 heavy (non-hydrogen) atoms. The molecule has 8 atom stereocenters. The predicted octanol–water partition coefficient (Wildman–Crippen LogP) is 6.85. The molecule has 0 radical (unpaired) electrons. The second-order valence-electron chi connectivity index (χ2n) is 12.5. The van der Waals surface area contributed by atoms with Gasteiger partial charge in [0.2, 0.25) is 5.91 Å². The largest absolute Gasteiger partial charge is 0.342 e. The van der Waals surface area contributed by atoms with Gasteiger partial charge in [0.05, 0.1) is 6.42 Å². The lowest BCUT2D eigenvalue weighted by atomic mass is 9.54. The van der Waals surface area contributed by atoms with Gasteiger partial charge >= 0.3 is 0 Å². The normalized spacial score (nSPS) is 40.4. The minimum atomic E-state index is 0.212. The molecule has 2 saturated carbocycles. The smallest absolute Gasteiger partial charge is 0.226 e. The number of benzene rings is 1. The topological polar surface area (TPSA) is 23.6 Å². The fourth-order valence-corrected chi connectivity index (χ4v) is 9.04. The Balaban J connectivity index is 1.27. The summed E-state index contributed by atoms with van der Waals surface area (Å²) in [6.45, 7) is 6.32. The number of rotatable bonds is 3. The maximum Gasteiger partial charge on any atom is 0.226 e. The summed E-state index contributed by atoms with van der Waals surface area (Å²) in [6, 6.07) is 8.73. The molecule has 192 valence electrons. The number of amides is 1. The van der Waals surface area contributed by atoms with E-state index in [1.165, 1.54) is 45.1 Å². The van der Waals surface area contributed by atoms with Crippen molar-refractivity contribution in [2.24, 2.45) is 35.0 Å². The molecule has 1 unspecified atom stereocenters.